The summed E-state index contributed by atoms with van der Waals surface area (Å²) < 4.78 is 5.45. The highest BCUT2D eigenvalue weighted by atomic mass is 16.5. The van der Waals surface area contributed by atoms with Crippen LogP contribution < -0.4 is 11.1 Å². The molecule has 2 aromatic rings. The van der Waals surface area contributed by atoms with Gasteiger partial charge in [0.1, 0.15) is 6.10 Å². The van der Waals surface area contributed by atoms with Gasteiger partial charge in [0.05, 0.1) is 5.92 Å². The number of amides is 1. The molecule has 0 saturated carbocycles. The van der Waals surface area contributed by atoms with Gasteiger partial charge in [-0.15, -0.1) is 0 Å². The number of H-pyrrole nitrogens is 1. The number of methoxy groups -OCH3 is 1. The maximum Gasteiger partial charge on any atom is 0.225 e. The Kier molecular flexibility index (Phi) is 5.61. The van der Waals surface area contributed by atoms with E-state index in [1.54, 1.807) is 7.11 Å². The molecule has 0 spiro atoms. The Bertz CT molecular complexity index is 596. The highest BCUT2D eigenvalue weighted by Crippen LogP contribution is 2.24. The van der Waals surface area contributed by atoms with E-state index in [4.69, 9.17) is 10.5 Å². The zero-order chi connectivity index (χ0) is 15.9. The van der Waals surface area contributed by atoms with Crippen molar-refractivity contribution in [3.05, 3.63) is 53.9 Å². The molecule has 0 fully saturated rings. The van der Waals surface area contributed by atoms with Crippen LogP contribution in [0.4, 0.5) is 5.69 Å². The molecule has 4 N–H and O–H groups in total. The van der Waals surface area contributed by atoms with Crippen molar-refractivity contribution in [2.24, 2.45) is 5.92 Å². The number of aromatic nitrogens is 1. The topological polar surface area (TPSA) is 80.1 Å². The van der Waals surface area contributed by atoms with Crippen molar-refractivity contribution in [1.29, 1.82) is 0 Å². The first kappa shape index (κ1) is 16.1. The Labute approximate surface area is 130 Å². The third-order valence-electron chi connectivity index (χ3n) is 3.80. The number of para-hydroxylation sites is 1. The molecule has 0 bridgehead atoms. The number of carbonyl (C=O) groups is 1. The predicted molar refractivity (Wildman–Crippen MR) is 87.3 cm³/mol. The van der Waals surface area contributed by atoms with Crippen LogP contribution in [0.1, 0.15) is 24.3 Å². The molecule has 0 saturated heterocycles. The Balaban J connectivity index is 1.87. The first-order chi connectivity index (χ1) is 10.6. The second kappa shape index (κ2) is 7.66. The van der Waals surface area contributed by atoms with E-state index in [9.17, 15) is 4.79 Å². The fraction of sp³-hybridized carbons (Fsp3) is 0.353. The average Bonchev–Trinajstić information content (AvgIpc) is 3.04. The molecule has 1 heterocycles. The van der Waals surface area contributed by atoms with Crippen LogP contribution in [0.15, 0.2) is 42.6 Å². The van der Waals surface area contributed by atoms with E-state index >= 15 is 0 Å². The van der Waals surface area contributed by atoms with Crippen molar-refractivity contribution in [3.8, 4) is 0 Å². The lowest BCUT2D eigenvalue weighted by Gasteiger charge is -2.21. The quantitative estimate of drug-likeness (QED) is 0.686. The van der Waals surface area contributed by atoms with Gasteiger partial charge in [-0.05, 0) is 30.2 Å². The number of aromatic amines is 1. The molecule has 1 amide bonds. The van der Waals surface area contributed by atoms with Crippen molar-refractivity contribution in [3.63, 3.8) is 0 Å². The molecule has 2 atom stereocenters. The van der Waals surface area contributed by atoms with Crippen LogP contribution in [0, 0.1) is 5.92 Å². The number of benzene rings is 1. The highest BCUT2D eigenvalue weighted by Gasteiger charge is 2.25. The normalized spacial score (nSPS) is 13.5. The molecule has 22 heavy (non-hydrogen) atoms. The van der Waals surface area contributed by atoms with E-state index in [0.29, 0.717) is 13.0 Å². The van der Waals surface area contributed by atoms with Gasteiger partial charge in [0, 0.05) is 31.2 Å². The zero-order valence-electron chi connectivity index (χ0n) is 13.0. The Morgan fingerprint density at radius 2 is 2.09 bits per heavy atom. The summed E-state index contributed by atoms with van der Waals surface area (Å²) in [6.45, 7) is 2.42. The highest BCUT2D eigenvalue weighted by molar-refractivity contribution is 5.79. The lowest BCUT2D eigenvalue weighted by atomic mass is 10.0. The van der Waals surface area contributed by atoms with E-state index in [-0.39, 0.29) is 17.9 Å². The SMILES string of the molecule is CO[C@@H](c1ccc[nH]1)[C@@H](C)C(=O)NCCc1ccccc1N. The molecule has 1 aromatic heterocycles. The van der Waals surface area contributed by atoms with Crippen molar-refractivity contribution in [2.75, 3.05) is 19.4 Å². The molecule has 5 nitrogen and oxygen atoms in total. The first-order valence-corrected chi connectivity index (χ1v) is 7.40. The van der Waals surface area contributed by atoms with Crippen LogP contribution in [0.5, 0.6) is 0 Å². The van der Waals surface area contributed by atoms with Gasteiger partial charge in [0.15, 0.2) is 0 Å². The van der Waals surface area contributed by atoms with Crippen LogP contribution in [0.3, 0.4) is 0 Å². The number of nitrogens with one attached hydrogen (secondary N) is 2. The van der Waals surface area contributed by atoms with Crippen LogP contribution >= 0.6 is 0 Å². The Morgan fingerprint density at radius 1 is 1.32 bits per heavy atom. The van der Waals surface area contributed by atoms with Gasteiger partial charge in [0.25, 0.3) is 0 Å². The fourth-order valence-electron chi connectivity index (χ4n) is 2.50. The minimum Gasteiger partial charge on any atom is -0.399 e. The smallest absolute Gasteiger partial charge is 0.225 e. The number of nitrogen functional groups attached to an aromatic ring is 1. The minimum absolute atomic E-state index is 0.0315. The third-order valence-corrected chi connectivity index (χ3v) is 3.80. The average molecular weight is 301 g/mol. The fourth-order valence-corrected chi connectivity index (χ4v) is 2.50. The van der Waals surface area contributed by atoms with Crippen LogP contribution in [0.2, 0.25) is 0 Å². The maximum absolute atomic E-state index is 12.3. The maximum atomic E-state index is 12.3. The number of rotatable bonds is 7. The van der Waals surface area contributed by atoms with Crippen LogP contribution in [-0.4, -0.2) is 24.5 Å². The zero-order valence-corrected chi connectivity index (χ0v) is 13.0. The lowest BCUT2D eigenvalue weighted by molar-refractivity contribution is -0.129. The largest absolute Gasteiger partial charge is 0.399 e. The van der Waals surface area contributed by atoms with Gasteiger partial charge < -0.3 is 20.8 Å². The summed E-state index contributed by atoms with van der Waals surface area (Å²) in [5.41, 5.74) is 8.59. The van der Waals surface area contributed by atoms with Gasteiger partial charge in [-0.1, -0.05) is 25.1 Å². The Hall–Kier alpha value is -2.27. The summed E-state index contributed by atoms with van der Waals surface area (Å²) in [6.07, 6.45) is 2.26. The van der Waals surface area contributed by atoms with E-state index in [0.717, 1.165) is 16.9 Å². The second-order valence-corrected chi connectivity index (χ2v) is 5.31. The van der Waals surface area contributed by atoms with Gasteiger partial charge in [0.2, 0.25) is 5.91 Å². The van der Waals surface area contributed by atoms with Crippen LogP contribution in [0.25, 0.3) is 0 Å². The molecular formula is C17H23N3O2. The summed E-state index contributed by atoms with van der Waals surface area (Å²) in [7, 11) is 1.61. The number of anilines is 1. The summed E-state index contributed by atoms with van der Waals surface area (Å²) >= 11 is 0. The number of ether oxygens (including phenoxy) is 1. The number of carbonyl (C=O) groups excluding carboxylic acids is 1. The molecular weight excluding hydrogens is 278 g/mol. The van der Waals surface area contributed by atoms with Crippen molar-refractivity contribution in [2.45, 2.75) is 19.4 Å². The molecule has 2 rings (SSSR count). The summed E-state index contributed by atoms with van der Waals surface area (Å²) in [5.74, 6) is -0.312. The number of hydrogen-bond acceptors (Lipinski definition) is 3. The van der Waals surface area contributed by atoms with Gasteiger partial charge in [-0.3, -0.25) is 4.79 Å². The van der Waals surface area contributed by atoms with E-state index in [1.807, 2.05) is 49.5 Å². The van der Waals surface area contributed by atoms with Gasteiger partial charge >= 0.3 is 0 Å². The summed E-state index contributed by atoms with van der Waals surface area (Å²) in [6, 6.07) is 11.5. The van der Waals surface area contributed by atoms with Crippen LogP contribution in [-0.2, 0) is 16.0 Å². The molecule has 0 unspecified atom stereocenters. The Morgan fingerprint density at radius 3 is 2.73 bits per heavy atom. The van der Waals surface area contributed by atoms with E-state index < -0.39 is 0 Å². The standard InChI is InChI=1S/C17H23N3O2/c1-12(16(22-2)15-8-5-10-19-15)17(21)20-11-9-13-6-3-4-7-14(13)18/h3-8,10,12,16,19H,9,11,18H2,1-2H3,(H,20,21)/t12-,16-/m1/s1. The number of hydrogen-bond donors (Lipinski definition) is 3. The van der Waals surface area contributed by atoms with Crippen molar-refractivity contribution < 1.29 is 9.53 Å². The second-order valence-electron chi connectivity index (χ2n) is 5.31. The molecule has 118 valence electrons. The summed E-state index contributed by atoms with van der Waals surface area (Å²) in [5, 5.41) is 2.95. The molecule has 5 heteroatoms. The van der Waals surface area contributed by atoms with Crippen molar-refractivity contribution >= 4 is 11.6 Å². The van der Waals surface area contributed by atoms with E-state index in [1.165, 1.54) is 0 Å². The first-order valence-electron chi connectivity index (χ1n) is 7.40. The van der Waals surface area contributed by atoms with Gasteiger partial charge in [-0.2, -0.15) is 0 Å². The predicted octanol–water partition coefficient (Wildman–Crippen LogP) is 2.28. The molecule has 0 aliphatic carbocycles. The van der Waals surface area contributed by atoms with Gasteiger partial charge in [-0.25, -0.2) is 0 Å². The third kappa shape index (κ3) is 3.89. The lowest BCUT2D eigenvalue weighted by Crippen LogP contribution is -2.34. The molecule has 0 aliphatic rings. The molecule has 1 aromatic carbocycles. The molecule has 0 aliphatic heterocycles. The number of nitrogens with two attached hydrogens (primary N) is 1. The monoisotopic (exact) mass is 301 g/mol. The minimum atomic E-state index is -0.281. The molecule has 0 radical (unpaired) electrons. The van der Waals surface area contributed by atoms with E-state index in [2.05, 4.69) is 10.3 Å². The summed E-state index contributed by atoms with van der Waals surface area (Å²) in [4.78, 5) is 15.4. The van der Waals surface area contributed by atoms with Crippen molar-refractivity contribution in [1.82, 2.24) is 10.3 Å².